The largest absolute Gasteiger partial charge is 0.299 e. The lowest BCUT2D eigenvalue weighted by molar-refractivity contribution is -0.121. The number of carbonyl (C=O) groups excluding carboxylic acids is 1. The minimum absolute atomic E-state index is 0.192. The minimum atomic E-state index is 0.192. The first kappa shape index (κ1) is 5.72. The summed E-state index contributed by atoms with van der Waals surface area (Å²) < 4.78 is 0. The summed E-state index contributed by atoms with van der Waals surface area (Å²) in [7, 11) is 0. The topological polar surface area (TPSA) is 17.1 Å². The Kier molecular flexibility index (Phi) is 1.10. The molecule has 2 aliphatic carbocycles. The summed E-state index contributed by atoms with van der Waals surface area (Å²) >= 11 is 5.95. The molecule has 2 bridgehead atoms. The van der Waals surface area contributed by atoms with Crippen LogP contribution in [0.3, 0.4) is 0 Å². The van der Waals surface area contributed by atoms with Crippen molar-refractivity contribution in [3.63, 3.8) is 0 Å². The molecule has 0 spiro atoms. The van der Waals surface area contributed by atoms with Gasteiger partial charge in [-0.1, -0.05) is 0 Å². The molecule has 0 N–H and O–H groups in total. The summed E-state index contributed by atoms with van der Waals surface area (Å²) in [5, 5.41) is 0.192. The van der Waals surface area contributed by atoms with E-state index in [1.165, 1.54) is 6.42 Å². The molecule has 0 heterocycles. The van der Waals surface area contributed by atoms with Crippen LogP contribution in [0.2, 0.25) is 0 Å². The predicted molar refractivity (Wildman–Crippen MR) is 35.5 cm³/mol. The van der Waals surface area contributed by atoms with Crippen LogP contribution in [0.25, 0.3) is 0 Å². The molecule has 2 rings (SSSR count). The maximum Gasteiger partial charge on any atom is 0.137 e. The fourth-order valence-corrected chi connectivity index (χ4v) is 2.49. The van der Waals surface area contributed by atoms with Gasteiger partial charge in [-0.2, -0.15) is 0 Å². The Bertz CT molecular complexity index is 155. The number of ketones is 1. The molecule has 2 saturated carbocycles. The van der Waals surface area contributed by atoms with Crippen LogP contribution >= 0.6 is 11.6 Å². The SMILES string of the molecule is O=C1CC2CCC1C2Cl. The highest BCUT2D eigenvalue weighted by Gasteiger charge is 2.46. The molecule has 9 heavy (non-hydrogen) atoms. The maximum absolute atomic E-state index is 11.0. The smallest absolute Gasteiger partial charge is 0.137 e. The molecule has 3 atom stereocenters. The summed E-state index contributed by atoms with van der Waals surface area (Å²) in [5.74, 6) is 1.17. The highest BCUT2D eigenvalue weighted by molar-refractivity contribution is 6.23. The Hall–Kier alpha value is -0.0400. The van der Waals surface area contributed by atoms with Gasteiger partial charge < -0.3 is 0 Å². The van der Waals surface area contributed by atoms with Crippen LogP contribution in [0, 0.1) is 11.8 Å². The van der Waals surface area contributed by atoms with E-state index in [2.05, 4.69) is 0 Å². The third kappa shape index (κ3) is 0.644. The van der Waals surface area contributed by atoms with Gasteiger partial charge in [0.05, 0.1) is 0 Å². The number of halogens is 1. The molecule has 2 fully saturated rings. The second kappa shape index (κ2) is 1.72. The molecular formula is C7H9ClO. The quantitative estimate of drug-likeness (QED) is 0.472. The molecule has 50 valence electrons. The Morgan fingerprint density at radius 2 is 2.22 bits per heavy atom. The standard InChI is InChI=1S/C7H9ClO/c8-7-4-1-2-5(7)6(9)3-4/h4-5,7H,1-3H2. The van der Waals surface area contributed by atoms with Gasteiger partial charge in [-0.15, -0.1) is 11.6 Å². The van der Waals surface area contributed by atoms with Crippen LogP contribution in [0.4, 0.5) is 0 Å². The van der Waals surface area contributed by atoms with Crippen molar-refractivity contribution in [2.45, 2.75) is 24.6 Å². The summed E-state index contributed by atoms with van der Waals surface area (Å²) in [6.45, 7) is 0. The third-order valence-electron chi connectivity index (χ3n) is 2.56. The number of hydrogen-bond donors (Lipinski definition) is 0. The molecule has 0 radical (unpaired) electrons. The van der Waals surface area contributed by atoms with Crippen molar-refractivity contribution in [1.82, 2.24) is 0 Å². The van der Waals surface area contributed by atoms with Gasteiger partial charge in [0.1, 0.15) is 5.78 Å². The first-order valence-electron chi connectivity index (χ1n) is 3.46. The molecule has 2 aliphatic rings. The van der Waals surface area contributed by atoms with Crippen LogP contribution in [0.15, 0.2) is 0 Å². The zero-order valence-electron chi connectivity index (χ0n) is 5.14. The van der Waals surface area contributed by atoms with Crippen molar-refractivity contribution < 1.29 is 4.79 Å². The van der Waals surface area contributed by atoms with Crippen molar-refractivity contribution in [2.24, 2.45) is 11.8 Å². The van der Waals surface area contributed by atoms with E-state index in [1.807, 2.05) is 0 Å². The van der Waals surface area contributed by atoms with E-state index in [0.29, 0.717) is 11.7 Å². The highest BCUT2D eigenvalue weighted by Crippen LogP contribution is 2.45. The molecule has 0 amide bonds. The van der Waals surface area contributed by atoms with Crippen molar-refractivity contribution in [3.8, 4) is 0 Å². The van der Waals surface area contributed by atoms with Crippen LogP contribution in [0.1, 0.15) is 19.3 Å². The zero-order valence-corrected chi connectivity index (χ0v) is 5.90. The Balaban J connectivity index is 2.26. The molecule has 0 aromatic heterocycles. The van der Waals surface area contributed by atoms with Gasteiger partial charge >= 0.3 is 0 Å². The van der Waals surface area contributed by atoms with Crippen molar-refractivity contribution in [3.05, 3.63) is 0 Å². The molecule has 3 unspecified atom stereocenters. The van der Waals surface area contributed by atoms with Gasteiger partial charge in [0, 0.05) is 17.7 Å². The van der Waals surface area contributed by atoms with E-state index in [0.717, 1.165) is 12.8 Å². The van der Waals surface area contributed by atoms with Gasteiger partial charge in [-0.3, -0.25) is 4.79 Å². The molecule has 0 aromatic rings. The number of rotatable bonds is 0. The average Bonchev–Trinajstić information content (AvgIpc) is 2.25. The molecule has 1 nitrogen and oxygen atoms in total. The number of Topliss-reactive ketones (excluding diaryl/α,β-unsaturated/α-hetero) is 1. The van der Waals surface area contributed by atoms with E-state index in [1.54, 1.807) is 0 Å². The van der Waals surface area contributed by atoms with Crippen molar-refractivity contribution >= 4 is 17.4 Å². The highest BCUT2D eigenvalue weighted by atomic mass is 35.5. The van der Waals surface area contributed by atoms with E-state index >= 15 is 0 Å². The summed E-state index contributed by atoms with van der Waals surface area (Å²) in [5.41, 5.74) is 0. The number of alkyl halides is 1. The zero-order chi connectivity index (χ0) is 6.43. The lowest BCUT2D eigenvalue weighted by atomic mass is 10.00. The summed E-state index contributed by atoms with van der Waals surface area (Å²) in [6.07, 6.45) is 3.00. The van der Waals surface area contributed by atoms with Gasteiger partial charge in [0.15, 0.2) is 0 Å². The van der Waals surface area contributed by atoms with E-state index in [9.17, 15) is 4.79 Å². The van der Waals surface area contributed by atoms with Gasteiger partial charge in [0.25, 0.3) is 0 Å². The fourth-order valence-electron chi connectivity index (χ4n) is 2.00. The van der Waals surface area contributed by atoms with E-state index in [4.69, 9.17) is 11.6 Å². The Labute approximate surface area is 59.4 Å². The first-order valence-corrected chi connectivity index (χ1v) is 3.89. The summed E-state index contributed by atoms with van der Waals surface area (Å²) in [4.78, 5) is 11.0. The molecule has 0 aliphatic heterocycles. The Morgan fingerprint density at radius 3 is 2.44 bits per heavy atom. The second-order valence-electron chi connectivity index (χ2n) is 3.06. The number of hydrogen-bond acceptors (Lipinski definition) is 1. The normalized spacial score (nSPS) is 48.6. The fraction of sp³-hybridized carbons (Fsp3) is 0.857. The lowest BCUT2D eigenvalue weighted by Crippen LogP contribution is -2.10. The molecule has 0 saturated heterocycles. The van der Waals surface area contributed by atoms with Crippen LogP contribution in [0.5, 0.6) is 0 Å². The predicted octanol–water partition coefficient (Wildman–Crippen LogP) is 1.59. The maximum atomic E-state index is 11.0. The monoisotopic (exact) mass is 144 g/mol. The van der Waals surface area contributed by atoms with E-state index < -0.39 is 0 Å². The first-order chi connectivity index (χ1) is 4.29. The third-order valence-corrected chi connectivity index (χ3v) is 3.22. The van der Waals surface area contributed by atoms with Gasteiger partial charge in [-0.25, -0.2) is 0 Å². The molecular weight excluding hydrogens is 136 g/mol. The minimum Gasteiger partial charge on any atom is -0.299 e. The van der Waals surface area contributed by atoms with Gasteiger partial charge in [0.2, 0.25) is 0 Å². The number of fused-ring (bicyclic) bond motifs is 2. The van der Waals surface area contributed by atoms with E-state index in [-0.39, 0.29) is 11.3 Å². The summed E-state index contributed by atoms with van der Waals surface area (Å²) in [6, 6.07) is 0. The number of carbonyl (C=O) groups is 1. The van der Waals surface area contributed by atoms with Crippen molar-refractivity contribution in [2.75, 3.05) is 0 Å². The molecule has 0 aromatic carbocycles. The Morgan fingerprint density at radius 1 is 1.44 bits per heavy atom. The second-order valence-corrected chi connectivity index (χ2v) is 3.56. The van der Waals surface area contributed by atoms with Gasteiger partial charge in [-0.05, 0) is 18.8 Å². The van der Waals surface area contributed by atoms with Crippen molar-refractivity contribution in [1.29, 1.82) is 0 Å². The molecule has 2 heteroatoms. The lowest BCUT2D eigenvalue weighted by Gasteiger charge is -2.04. The average molecular weight is 145 g/mol. The van der Waals surface area contributed by atoms with Crippen LogP contribution in [-0.2, 0) is 4.79 Å². The van der Waals surface area contributed by atoms with Crippen LogP contribution < -0.4 is 0 Å². The van der Waals surface area contributed by atoms with Crippen LogP contribution in [-0.4, -0.2) is 11.2 Å².